The molecule has 1 fully saturated rings. The van der Waals surface area contributed by atoms with Crippen molar-refractivity contribution in [3.8, 4) is 0 Å². The maximum Gasteiger partial charge on any atom is 0.416 e. The van der Waals surface area contributed by atoms with Gasteiger partial charge < -0.3 is 10.6 Å². The van der Waals surface area contributed by atoms with Crippen molar-refractivity contribution in [3.63, 3.8) is 0 Å². The molecule has 1 aromatic rings. The minimum absolute atomic E-state index is 0.156. The maximum atomic E-state index is 12.8. The largest absolute Gasteiger partial charge is 0.416 e. The van der Waals surface area contributed by atoms with E-state index in [2.05, 4.69) is 0 Å². The van der Waals surface area contributed by atoms with E-state index in [1.54, 1.807) is 10.6 Å². The van der Waals surface area contributed by atoms with Gasteiger partial charge in [-0.05, 0) is 31.0 Å². The molecule has 0 saturated carbocycles. The lowest BCUT2D eigenvalue weighted by Crippen LogP contribution is -2.53. The number of anilines is 1. The zero-order valence-electron chi connectivity index (χ0n) is 13.5. The van der Waals surface area contributed by atoms with Gasteiger partial charge in [0.1, 0.15) is 12.0 Å². The molecule has 0 aromatic heterocycles. The summed E-state index contributed by atoms with van der Waals surface area (Å²) in [5.74, 6) is -4.33. The Morgan fingerprint density at radius 3 is 1.79 bits per heavy atom. The lowest BCUT2D eigenvalue weighted by atomic mass is 9.92. The molecule has 0 radical (unpaired) electrons. The van der Waals surface area contributed by atoms with Crippen molar-refractivity contribution >= 4 is 17.5 Å². The first-order valence-corrected chi connectivity index (χ1v) is 7.56. The van der Waals surface area contributed by atoms with Crippen molar-refractivity contribution in [1.29, 1.82) is 0 Å². The molecule has 4 nitrogen and oxygen atoms in total. The molecule has 0 aliphatic carbocycles. The predicted molar refractivity (Wildman–Crippen MR) is 75.8 cm³/mol. The van der Waals surface area contributed by atoms with E-state index in [4.69, 9.17) is 0 Å². The second kappa shape index (κ2) is 7.17. The smallest absolute Gasteiger partial charge is 0.344 e. The third-order valence-corrected chi connectivity index (χ3v) is 3.94. The highest BCUT2D eigenvalue weighted by Gasteiger charge is 2.46. The van der Waals surface area contributed by atoms with Crippen LogP contribution in [0.1, 0.15) is 24.0 Å². The van der Waals surface area contributed by atoms with E-state index in [1.165, 1.54) is 0 Å². The number of alkyl halides is 9. The van der Waals surface area contributed by atoms with E-state index in [1.807, 2.05) is 0 Å². The number of hydrogen-bond acceptors (Lipinski definition) is 2. The van der Waals surface area contributed by atoms with Gasteiger partial charge in [-0.25, -0.2) is 0 Å². The van der Waals surface area contributed by atoms with Gasteiger partial charge in [-0.1, -0.05) is 0 Å². The predicted octanol–water partition coefficient (Wildman–Crippen LogP) is 4.12. The zero-order chi connectivity index (χ0) is 21.5. The highest BCUT2D eigenvalue weighted by atomic mass is 19.4. The number of amides is 2. The molecule has 2 N–H and O–H groups in total. The maximum absolute atomic E-state index is 12.8. The molecule has 2 amide bonds. The van der Waals surface area contributed by atoms with E-state index in [0.717, 1.165) is 0 Å². The van der Waals surface area contributed by atoms with Crippen LogP contribution < -0.4 is 10.6 Å². The molecule has 0 bridgehead atoms. The molecular weight excluding hydrogens is 411 g/mol. The molecule has 28 heavy (non-hydrogen) atoms. The second-order valence-corrected chi connectivity index (χ2v) is 6.02. The minimum atomic E-state index is -5.15. The van der Waals surface area contributed by atoms with Crippen LogP contribution in [0.2, 0.25) is 0 Å². The van der Waals surface area contributed by atoms with Gasteiger partial charge in [0.2, 0.25) is 11.8 Å². The normalized spacial score (nSPS) is 21.2. The van der Waals surface area contributed by atoms with Crippen LogP contribution in [-0.4, -0.2) is 24.0 Å². The Labute approximate surface area is 151 Å². The number of carbonyl (C=O) groups is 2. The average molecular weight is 422 g/mol. The van der Waals surface area contributed by atoms with Crippen molar-refractivity contribution in [3.05, 3.63) is 29.3 Å². The molecule has 1 aliphatic heterocycles. The molecule has 13 heteroatoms. The van der Waals surface area contributed by atoms with Crippen LogP contribution in [0.5, 0.6) is 0 Å². The lowest BCUT2D eigenvalue weighted by molar-refractivity contribution is -0.170. The highest BCUT2D eigenvalue weighted by Crippen LogP contribution is 2.38. The third kappa shape index (κ3) is 5.07. The minimum Gasteiger partial charge on any atom is -0.344 e. The van der Waals surface area contributed by atoms with Crippen molar-refractivity contribution in [2.45, 2.75) is 37.4 Å². The van der Waals surface area contributed by atoms with Gasteiger partial charge in [-0.3, -0.25) is 9.59 Å². The third-order valence-electron chi connectivity index (χ3n) is 3.94. The van der Waals surface area contributed by atoms with Crippen molar-refractivity contribution < 1.29 is 49.1 Å². The van der Waals surface area contributed by atoms with Crippen molar-refractivity contribution in [2.24, 2.45) is 5.92 Å². The molecule has 1 aliphatic rings. The van der Waals surface area contributed by atoms with Crippen LogP contribution >= 0.6 is 0 Å². The first-order chi connectivity index (χ1) is 12.6. The summed E-state index contributed by atoms with van der Waals surface area (Å²) in [6, 6.07) is -1.88. The van der Waals surface area contributed by atoms with Gasteiger partial charge in [0.15, 0.2) is 0 Å². The summed E-state index contributed by atoms with van der Waals surface area (Å²) in [5.41, 5.74) is -4.27. The fraction of sp³-hybridized carbons (Fsp3) is 0.467. The Balaban J connectivity index is 2.23. The van der Waals surface area contributed by atoms with Gasteiger partial charge in [-0.15, -0.1) is 0 Å². The van der Waals surface area contributed by atoms with Crippen molar-refractivity contribution in [2.75, 3.05) is 5.32 Å². The monoisotopic (exact) mass is 422 g/mol. The van der Waals surface area contributed by atoms with Crippen LogP contribution in [0, 0.1) is 5.92 Å². The molecular formula is C15H11F9N2O2. The highest BCUT2D eigenvalue weighted by molar-refractivity contribution is 6.07. The summed E-state index contributed by atoms with van der Waals surface area (Å²) in [4.78, 5) is 23.7. The number of benzene rings is 1. The van der Waals surface area contributed by atoms with Gasteiger partial charge in [0.25, 0.3) is 0 Å². The van der Waals surface area contributed by atoms with Gasteiger partial charge in [0, 0.05) is 5.69 Å². The quantitative estimate of drug-likeness (QED) is 0.557. The first kappa shape index (κ1) is 21.8. The molecule has 0 unspecified atom stereocenters. The molecule has 0 spiro atoms. The standard InChI is InChI=1S/C15H11F9N2O2/c16-13(17,18)6-3-7(14(19,20)21)5-8(4-6)25-11(27)9-1-2-10(15(22,23)24)26-12(9)28/h3-5,9-10H,1-2H2,(H,25,27)(H,26,28)/t9-,10-/m0/s1. The Bertz CT molecular complexity index is 736. The summed E-state index contributed by atoms with van der Waals surface area (Å²) in [5, 5.41) is 3.30. The average Bonchev–Trinajstić information content (AvgIpc) is 2.51. The van der Waals surface area contributed by atoms with Gasteiger partial charge in [0.05, 0.1) is 11.1 Å². The molecule has 1 heterocycles. The number of carbonyl (C=O) groups excluding carboxylic acids is 2. The SMILES string of the molecule is O=C(Nc1cc(C(F)(F)F)cc(C(F)(F)F)c1)[C@@H]1CC[C@@H](C(F)(F)F)NC1=O. The van der Waals surface area contributed by atoms with Crippen molar-refractivity contribution in [1.82, 2.24) is 5.32 Å². The summed E-state index contributed by atoms with van der Waals surface area (Å²) < 4.78 is 114. The lowest BCUT2D eigenvalue weighted by Gasteiger charge is -2.29. The van der Waals surface area contributed by atoms with Gasteiger partial charge in [-0.2, -0.15) is 39.5 Å². The topological polar surface area (TPSA) is 58.2 Å². The Morgan fingerprint density at radius 1 is 0.893 bits per heavy atom. The van der Waals surface area contributed by atoms with Gasteiger partial charge >= 0.3 is 18.5 Å². The summed E-state index contributed by atoms with van der Waals surface area (Å²) in [6.07, 6.45) is -16.3. The Kier molecular flexibility index (Phi) is 5.59. The Hall–Kier alpha value is -2.47. The molecule has 1 aromatic carbocycles. The number of piperidine rings is 1. The second-order valence-electron chi connectivity index (χ2n) is 6.02. The van der Waals surface area contributed by atoms with Crippen LogP contribution in [-0.2, 0) is 21.9 Å². The van der Waals surface area contributed by atoms with Crippen LogP contribution in [0.4, 0.5) is 45.2 Å². The van der Waals surface area contributed by atoms with E-state index < -0.39 is 72.0 Å². The number of rotatable bonds is 2. The summed E-state index contributed by atoms with van der Waals surface area (Å²) >= 11 is 0. The fourth-order valence-corrected chi connectivity index (χ4v) is 2.56. The van der Waals surface area contributed by atoms with Crippen LogP contribution in [0.3, 0.4) is 0 Å². The van der Waals surface area contributed by atoms with Crippen LogP contribution in [0.25, 0.3) is 0 Å². The van der Waals surface area contributed by atoms with E-state index >= 15 is 0 Å². The first-order valence-electron chi connectivity index (χ1n) is 7.56. The van der Waals surface area contributed by atoms with E-state index in [-0.39, 0.29) is 18.2 Å². The molecule has 2 atom stereocenters. The fourth-order valence-electron chi connectivity index (χ4n) is 2.56. The number of hydrogen-bond donors (Lipinski definition) is 2. The molecule has 156 valence electrons. The summed E-state index contributed by atoms with van der Waals surface area (Å²) in [6.45, 7) is 0. The Morgan fingerprint density at radius 2 is 1.39 bits per heavy atom. The number of nitrogens with one attached hydrogen (secondary N) is 2. The zero-order valence-corrected chi connectivity index (χ0v) is 13.5. The molecule has 1 saturated heterocycles. The number of halogens is 9. The van der Waals surface area contributed by atoms with E-state index in [9.17, 15) is 49.1 Å². The van der Waals surface area contributed by atoms with E-state index in [0.29, 0.717) is 0 Å². The molecule has 2 rings (SSSR count). The summed E-state index contributed by atoms with van der Waals surface area (Å²) in [7, 11) is 0. The van der Waals surface area contributed by atoms with Crippen LogP contribution in [0.15, 0.2) is 18.2 Å².